The van der Waals surface area contributed by atoms with E-state index in [9.17, 15) is 0 Å². The number of azo groups is 2. The van der Waals surface area contributed by atoms with E-state index in [4.69, 9.17) is 14.4 Å². The molecule has 9 heteroatoms. The van der Waals surface area contributed by atoms with Crippen molar-refractivity contribution in [3.8, 4) is 33.9 Å². The van der Waals surface area contributed by atoms with Crippen molar-refractivity contribution in [3.63, 3.8) is 0 Å². The number of benzene rings is 4. The fourth-order valence-corrected chi connectivity index (χ4v) is 7.78. The highest BCUT2D eigenvalue weighted by molar-refractivity contribution is 6.02. The molecule has 7 heterocycles. The van der Waals surface area contributed by atoms with Gasteiger partial charge in [-0.3, -0.25) is 9.13 Å². The van der Waals surface area contributed by atoms with Crippen LogP contribution >= 0.6 is 0 Å². The first-order valence-electron chi connectivity index (χ1n) is 17.2. The number of para-hydroxylation sites is 2. The van der Waals surface area contributed by atoms with Crippen molar-refractivity contribution in [2.75, 3.05) is 13.1 Å². The lowest BCUT2D eigenvalue weighted by atomic mass is 10.0. The van der Waals surface area contributed by atoms with E-state index in [-0.39, 0.29) is 0 Å². The van der Waals surface area contributed by atoms with Gasteiger partial charge in [0.2, 0.25) is 0 Å². The van der Waals surface area contributed by atoms with Crippen LogP contribution in [0, 0.1) is 0 Å². The SMILES string of the molecule is c1ccc(-n2c3c(c4ccc(-c5ccc6oc7ccc(-c8ccc9c%10c(n(-c%11ccccc%11)c9c8)N=NCC%10)nc7c6n5)cc42)CCN=N3)cc1. The van der Waals surface area contributed by atoms with Gasteiger partial charge in [0, 0.05) is 44.4 Å². The Morgan fingerprint density at radius 3 is 1.43 bits per heavy atom. The average molecular weight is 661 g/mol. The monoisotopic (exact) mass is 660 g/mol. The molecule has 0 saturated heterocycles. The normalized spacial score (nSPS) is 13.8. The zero-order valence-electron chi connectivity index (χ0n) is 27.4. The molecule has 9 aromatic rings. The van der Waals surface area contributed by atoms with Gasteiger partial charge in [-0.05, 0) is 73.5 Å². The van der Waals surface area contributed by atoms with Crippen LogP contribution in [0.1, 0.15) is 11.1 Å². The molecule has 2 aliphatic rings. The number of hydrogen-bond donors (Lipinski definition) is 0. The molecule has 242 valence electrons. The molecule has 0 bridgehead atoms. The molecule has 11 rings (SSSR count). The van der Waals surface area contributed by atoms with Crippen molar-refractivity contribution < 1.29 is 4.42 Å². The topological polar surface area (TPSA) is 98.2 Å². The number of furan rings is 1. The number of rotatable bonds is 4. The Hall–Kier alpha value is -6.74. The van der Waals surface area contributed by atoms with Crippen LogP contribution in [0.15, 0.2) is 146 Å². The van der Waals surface area contributed by atoms with E-state index in [2.05, 4.69) is 115 Å². The summed E-state index contributed by atoms with van der Waals surface area (Å²) in [7, 11) is 0. The number of nitrogens with zero attached hydrogens (tertiary/aromatic N) is 8. The van der Waals surface area contributed by atoms with E-state index in [1.807, 2.05) is 36.4 Å². The quantitative estimate of drug-likeness (QED) is 0.188. The Balaban J connectivity index is 1.05. The van der Waals surface area contributed by atoms with Crippen molar-refractivity contribution in [2.45, 2.75) is 12.8 Å². The molecule has 5 aromatic heterocycles. The molecule has 51 heavy (non-hydrogen) atoms. The van der Waals surface area contributed by atoms with Crippen LogP contribution in [0.5, 0.6) is 0 Å². The predicted octanol–water partition coefficient (Wildman–Crippen LogP) is 10.9. The average Bonchev–Trinajstić information content (AvgIpc) is 3.85. The Bertz CT molecular complexity index is 2720. The van der Waals surface area contributed by atoms with Crippen LogP contribution in [0.25, 0.3) is 77.9 Å². The fraction of sp³-hybridized carbons (Fsp3) is 0.0952. The Labute approximate surface area is 291 Å². The maximum atomic E-state index is 6.26. The zero-order chi connectivity index (χ0) is 33.5. The summed E-state index contributed by atoms with van der Waals surface area (Å²) < 4.78 is 10.7. The van der Waals surface area contributed by atoms with Crippen molar-refractivity contribution in [1.82, 2.24) is 19.1 Å². The van der Waals surface area contributed by atoms with Crippen LogP contribution in [0.4, 0.5) is 11.6 Å². The van der Waals surface area contributed by atoms with E-state index >= 15 is 0 Å². The summed E-state index contributed by atoms with van der Waals surface area (Å²) in [6.07, 6.45) is 1.73. The van der Waals surface area contributed by atoms with Gasteiger partial charge in [0.05, 0.1) is 35.5 Å². The van der Waals surface area contributed by atoms with Gasteiger partial charge in [-0.15, -0.1) is 10.2 Å². The first-order chi connectivity index (χ1) is 25.3. The Morgan fingerprint density at radius 1 is 0.490 bits per heavy atom. The largest absolute Gasteiger partial charge is 0.453 e. The van der Waals surface area contributed by atoms with Crippen LogP contribution in [-0.4, -0.2) is 32.2 Å². The maximum Gasteiger partial charge on any atom is 0.163 e. The smallest absolute Gasteiger partial charge is 0.163 e. The maximum absolute atomic E-state index is 6.26. The van der Waals surface area contributed by atoms with Gasteiger partial charge in [0.1, 0.15) is 11.0 Å². The first kappa shape index (κ1) is 28.1. The molecule has 0 saturated carbocycles. The first-order valence-corrected chi connectivity index (χ1v) is 17.2. The van der Waals surface area contributed by atoms with Crippen molar-refractivity contribution in [2.24, 2.45) is 20.5 Å². The minimum absolute atomic E-state index is 0.700. The van der Waals surface area contributed by atoms with Gasteiger partial charge in [-0.1, -0.05) is 60.7 Å². The summed E-state index contributed by atoms with van der Waals surface area (Å²) in [6.45, 7) is 1.40. The van der Waals surface area contributed by atoms with E-state index in [1.54, 1.807) is 0 Å². The second-order valence-corrected chi connectivity index (χ2v) is 13.0. The second-order valence-electron chi connectivity index (χ2n) is 13.0. The third kappa shape index (κ3) is 4.27. The highest BCUT2D eigenvalue weighted by Crippen LogP contribution is 2.41. The molecular formula is C42H28N8O. The second kappa shape index (κ2) is 10.9. The molecule has 0 aliphatic carbocycles. The molecule has 0 amide bonds. The summed E-state index contributed by atoms with van der Waals surface area (Å²) in [5.41, 5.74) is 13.3. The van der Waals surface area contributed by atoms with Gasteiger partial charge in [-0.25, -0.2) is 9.97 Å². The van der Waals surface area contributed by atoms with Gasteiger partial charge in [0.25, 0.3) is 0 Å². The summed E-state index contributed by atoms with van der Waals surface area (Å²) in [4.78, 5) is 10.3. The summed E-state index contributed by atoms with van der Waals surface area (Å²) >= 11 is 0. The van der Waals surface area contributed by atoms with E-state index in [0.29, 0.717) is 24.3 Å². The summed E-state index contributed by atoms with van der Waals surface area (Å²) in [6, 6.07) is 41.8. The van der Waals surface area contributed by atoms with Crippen molar-refractivity contribution >= 4 is 55.6 Å². The Kier molecular flexibility index (Phi) is 6.00. The lowest BCUT2D eigenvalue weighted by Gasteiger charge is -2.10. The molecule has 0 radical (unpaired) electrons. The number of fused-ring (bicyclic) bond motifs is 9. The van der Waals surface area contributed by atoms with Crippen molar-refractivity contribution in [1.29, 1.82) is 0 Å². The van der Waals surface area contributed by atoms with Crippen LogP contribution in [-0.2, 0) is 12.8 Å². The molecule has 9 nitrogen and oxygen atoms in total. The predicted molar refractivity (Wildman–Crippen MR) is 200 cm³/mol. The summed E-state index contributed by atoms with van der Waals surface area (Å²) in [5, 5.41) is 20.4. The van der Waals surface area contributed by atoms with Gasteiger partial charge >= 0.3 is 0 Å². The molecule has 0 N–H and O–H groups in total. The van der Waals surface area contributed by atoms with Gasteiger partial charge in [0.15, 0.2) is 22.8 Å². The molecule has 0 unspecified atom stereocenters. The molecule has 4 aromatic carbocycles. The number of aromatic nitrogens is 4. The molecule has 0 atom stereocenters. The van der Waals surface area contributed by atoms with Crippen molar-refractivity contribution in [3.05, 3.63) is 132 Å². The number of pyridine rings is 2. The van der Waals surface area contributed by atoms with Crippen LogP contribution in [0.3, 0.4) is 0 Å². The molecule has 0 spiro atoms. The highest BCUT2D eigenvalue weighted by Gasteiger charge is 2.23. The third-order valence-electron chi connectivity index (χ3n) is 10.1. The number of hydrogen-bond acceptors (Lipinski definition) is 7. The van der Waals surface area contributed by atoms with Crippen LogP contribution in [0.2, 0.25) is 0 Å². The zero-order valence-corrected chi connectivity index (χ0v) is 27.4. The minimum atomic E-state index is 0.700. The van der Waals surface area contributed by atoms with E-state index in [0.717, 1.165) is 80.4 Å². The molecule has 0 fully saturated rings. The molecular weight excluding hydrogens is 633 g/mol. The van der Waals surface area contributed by atoms with Crippen LogP contribution < -0.4 is 0 Å². The standard InChI is InChI=1S/C42H28N8O/c1-3-7-27(8-4-1)49-35-23-25(11-13-29(35)31-19-21-43-47-41(31)49)33-15-17-37-39(45-33)40-38(51-37)18-16-34(46-40)26-12-14-30-32-20-22-44-48-42(32)50(36(30)24-26)28-9-5-2-6-10-28/h1-18,23-24H,19-22H2. The third-order valence-corrected chi connectivity index (χ3v) is 10.1. The van der Waals surface area contributed by atoms with E-state index in [1.165, 1.54) is 21.9 Å². The highest BCUT2D eigenvalue weighted by atomic mass is 16.3. The Morgan fingerprint density at radius 2 is 0.961 bits per heavy atom. The lowest BCUT2D eigenvalue weighted by molar-refractivity contribution is 0.667. The summed E-state index contributed by atoms with van der Waals surface area (Å²) in [5.74, 6) is 1.80. The fourth-order valence-electron chi connectivity index (χ4n) is 7.78. The lowest BCUT2D eigenvalue weighted by Crippen LogP contribution is -1.97. The minimum Gasteiger partial charge on any atom is -0.453 e. The van der Waals surface area contributed by atoms with Gasteiger partial charge < -0.3 is 4.42 Å². The van der Waals surface area contributed by atoms with E-state index < -0.39 is 0 Å². The molecule has 2 aliphatic heterocycles. The van der Waals surface area contributed by atoms with Gasteiger partial charge in [-0.2, -0.15) is 10.2 Å².